The first kappa shape index (κ1) is 11.7. The van der Waals surface area contributed by atoms with Crippen LogP contribution in [0, 0.1) is 0 Å². The Bertz CT molecular complexity index is 540. The molecule has 0 radical (unpaired) electrons. The SMILES string of the molecule is CN(Cc1ccc2c(c1)ncn2C)C1CCNC1. The van der Waals surface area contributed by atoms with Gasteiger partial charge in [0.1, 0.15) is 0 Å². The maximum atomic E-state index is 4.42. The van der Waals surface area contributed by atoms with Crippen molar-refractivity contribution in [1.29, 1.82) is 0 Å². The Morgan fingerprint density at radius 3 is 3.17 bits per heavy atom. The molecule has 1 N–H and O–H groups in total. The second-order valence-corrected chi connectivity index (χ2v) is 5.24. The van der Waals surface area contributed by atoms with Crippen LogP contribution >= 0.6 is 0 Å². The summed E-state index contributed by atoms with van der Waals surface area (Å²) in [5.41, 5.74) is 3.63. The molecule has 1 saturated heterocycles. The molecule has 1 aliphatic rings. The van der Waals surface area contributed by atoms with Gasteiger partial charge in [-0.2, -0.15) is 0 Å². The molecule has 4 nitrogen and oxygen atoms in total. The molecule has 1 aromatic heterocycles. The van der Waals surface area contributed by atoms with Crippen molar-refractivity contribution >= 4 is 11.0 Å². The van der Waals surface area contributed by atoms with Gasteiger partial charge in [-0.1, -0.05) is 6.07 Å². The summed E-state index contributed by atoms with van der Waals surface area (Å²) in [4.78, 5) is 6.85. The summed E-state index contributed by atoms with van der Waals surface area (Å²) in [6.07, 6.45) is 3.13. The van der Waals surface area contributed by atoms with Crippen LogP contribution in [-0.4, -0.2) is 40.6 Å². The highest BCUT2D eigenvalue weighted by Crippen LogP contribution is 2.16. The van der Waals surface area contributed by atoms with E-state index in [-0.39, 0.29) is 0 Å². The number of nitrogens with zero attached hydrogens (tertiary/aromatic N) is 3. The zero-order valence-corrected chi connectivity index (χ0v) is 11.1. The Labute approximate surface area is 108 Å². The monoisotopic (exact) mass is 244 g/mol. The molecule has 0 saturated carbocycles. The van der Waals surface area contributed by atoms with Gasteiger partial charge in [0.25, 0.3) is 0 Å². The van der Waals surface area contributed by atoms with Crippen LogP contribution in [-0.2, 0) is 13.6 Å². The number of rotatable bonds is 3. The standard InChI is InChI=1S/C14H20N4/c1-17(12-5-6-15-8-12)9-11-3-4-14-13(7-11)16-10-18(14)2/h3-4,7,10,12,15H,5-6,8-9H2,1-2H3. The van der Waals surface area contributed by atoms with Gasteiger partial charge in [0.2, 0.25) is 0 Å². The first-order valence-corrected chi connectivity index (χ1v) is 6.55. The van der Waals surface area contributed by atoms with E-state index in [1.807, 2.05) is 13.4 Å². The van der Waals surface area contributed by atoms with Crippen molar-refractivity contribution in [2.24, 2.45) is 7.05 Å². The molecule has 3 rings (SSSR count). The van der Waals surface area contributed by atoms with E-state index >= 15 is 0 Å². The summed E-state index contributed by atoms with van der Waals surface area (Å²) >= 11 is 0. The maximum absolute atomic E-state index is 4.42. The molecule has 2 heterocycles. The Kier molecular flexibility index (Phi) is 3.06. The summed E-state index contributed by atoms with van der Waals surface area (Å²) < 4.78 is 2.06. The average molecular weight is 244 g/mol. The molecule has 0 spiro atoms. The lowest BCUT2D eigenvalue weighted by atomic mass is 10.1. The smallest absolute Gasteiger partial charge is 0.0955 e. The summed E-state index contributed by atoms with van der Waals surface area (Å²) in [6, 6.07) is 7.25. The fourth-order valence-corrected chi connectivity index (χ4v) is 2.71. The normalized spacial score (nSPS) is 20.1. The largest absolute Gasteiger partial charge is 0.334 e. The molecule has 1 fully saturated rings. The van der Waals surface area contributed by atoms with Crippen LogP contribution < -0.4 is 5.32 Å². The van der Waals surface area contributed by atoms with Gasteiger partial charge in [0, 0.05) is 26.2 Å². The number of hydrogen-bond donors (Lipinski definition) is 1. The van der Waals surface area contributed by atoms with E-state index in [0.717, 1.165) is 25.2 Å². The number of aryl methyl sites for hydroxylation is 1. The van der Waals surface area contributed by atoms with Crippen LogP contribution in [0.1, 0.15) is 12.0 Å². The number of imidazole rings is 1. The van der Waals surface area contributed by atoms with Crippen LogP contribution in [0.4, 0.5) is 0 Å². The molecule has 1 unspecified atom stereocenters. The number of hydrogen-bond acceptors (Lipinski definition) is 3. The number of benzene rings is 1. The highest BCUT2D eigenvalue weighted by atomic mass is 15.2. The minimum atomic E-state index is 0.671. The van der Waals surface area contributed by atoms with E-state index in [2.05, 4.69) is 45.0 Å². The van der Waals surface area contributed by atoms with Gasteiger partial charge in [-0.15, -0.1) is 0 Å². The van der Waals surface area contributed by atoms with E-state index < -0.39 is 0 Å². The van der Waals surface area contributed by atoms with Crippen molar-refractivity contribution in [2.75, 3.05) is 20.1 Å². The summed E-state index contributed by atoms with van der Waals surface area (Å²) in [5.74, 6) is 0. The molecule has 1 aromatic carbocycles. The van der Waals surface area contributed by atoms with E-state index in [9.17, 15) is 0 Å². The van der Waals surface area contributed by atoms with Gasteiger partial charge >= 0.3 is 0 Å². The zero-order chi connectivity index (χ0) is 12.5. The van der Waals surface area contributed by atoms with E-state index in [0.29, 0.717) is 6.04 Å². The predicted molar refractivity (Wildman–Crippen MR) is 73.5 cm³/mol. The third-order valence-corrected chi connectivity index (χ3v) is 3.88. The molecule has 0 amide bonds. The van der Waals surface area contributed by atoms with Gasteiger partial charge in [-0.05, 0) is 37.7 Å². The summed E-state index contributed by atoms with van der Waals surface area (Å²) in [6.45, 7) is 3.26. The van der Waals surface area contributed by atoms with Gasteiger partial charge in [-0.25, -0.2) is 4.98 Å². The van der Waals surface area contributed by atoms with Crippen molar-refractivity contribution in [2.45, 2.75) is 19.0 Å². The van der Waals surface area contributed by atoms with Crippen molar-refractivity contribution in [3.63, 3.8) is 0 Å². The van der Waals surface area contributed by atoms with E-state index in [4.69, 9.17) is 0 Å². The number of aromatic nitrogens is 2. The van der Waals surface area contributed by atoms with Gasteiger partial charge in [0.05, 0.1) is 17.4 Å². The molecule has 1 aliphatic heterocycles. The molecule has 0 bridgehead atoms. The van der Waals surface area contributed by atoms with E-state index in [1.165, 1.54) is 17.5 Å². The van der Waals surface area contributed by atoms with Crippen molar-refractivity contribution in [1.82, 2.24) is 19.8 Å². The highest BCUT2D eigenvalue weighted by molar-refractivity contribution is 5.75. The summed E-state index contributed by atoms with van der Waals surface area (Å²) in [5, 5.41) is 3.41. The van der Waals surface area contributed by atoms with Crippen molar-refractivity contribution < 1.29 is 0 Å². The Morgan fingerprint density at radius 1 is 1.50 bits per heavy atom. The van der Waals surface area contributed by atoms with E-state index in [1.54, 1.807) is 0 Å². The molecule has 96 valence electrons. The minimum absolute atomic E-state index is 0.671. The third-order valence-electron chi connectivity index (χ3n) is 3.88. The number of fused-ring (bicyclic) bond motifs is 1. The molecule has 18 heavy (non-hydrogen) atoms. The highest BCUT2D eigenvalue weighted by Gasteiger charge is 2.19. The molecule has 0 aliphatic carbocycles. The third kappa shape index (κ3) is 2.13. The Balaban J connectivity index is 1.77. The van der Waals surface area contributed by atoms with Crippen LogP contribution in [0.5, 0.6) is 0 Å². The van der Waals surface area contributed by atoms with Gasteiger partial charge in [-0.3, -0.25) is 4.90 Å². The lowest BCUT2D eigenvalue weighted by Gasteiger charge is -2.23. The van der Waals surface area contributed by atoms with Gasteiger partial charge < -0.3 is 9.88 Å². The first-order valence-electron chi connectivity index (χ1n) is 6.55. The van der Waals surface area contributed by atoms with Crippen molar-refractivity contribution in [3.05, 3.63) is 30.1 Å². The van der Waals surface area contributed by atoms with Crippen LogP contribution in [0.25, 0.3) is 11.0 Å². The van der Waals surface area contributed by atoms with Gasteiger partial charge in [0.15, 0.2) is 0 Å². The number of likely N-dealkylation sites (N-methyl/N-ethyl adjacent to an activating group) is 1. The first-order chi connectivity index (χ1) is 8.74. The molecule has 2 aromatic rings. The second kappa shape index (κ2) is 4.71. The van der Waals surface area contributed by atoms with Crippen molar-refractivity contribution in [3.8, 4) is 0 Å². The van der Waals surface area contributed by atoms with Crippen LogP contribution in [0.15, 0.2) is 24.5 Å². The lowest BCUT2D eigenvalue weighted by molar-refractivity contribution is 0.249. The lowest BCUT2D eigenvalue weighted by Crippen LogP contribution is -2.32. The topological polar surface area (TPSA) is 33.1 Å². The molecule has 4 heteroatoms. The Morgan fingerprint density at radius 2 is 2.39 bits per heavy atom. The minimum Gasteiger partial charge on any atom is -0.334 e. The van der Waals surface area contributed by atoms with Crippen LogP contribution in [0.2, 0.25) is 0 Å². The quantitative estimate of drug-likeness (QED) is 0.885. The molecular weight excluding hydrogens is 224 g/mol. The Hall–Kier alpha value is -1.39. The summed E-state index contributed by atoms with van der Waals surface area (Å²) in [7, 11) is 4.24. The fraction of sp³-hybridized carbons (Fsp3) is 0.500. The number of nitrogens with one attached hydrogen (secondary N) is 1. The van der Waals surface area contributed by atoms with Crippen LogP contribution in [0.3, 0.4) is 0 Å². The second-order valence-electron chi connectivity index (χ2n) is 5.24. The molecular formula is C14H20N4. The fourth-order valence-electron chi connectivity index (χ4n) is 2.71. The predicted octanol–water partition coefficient (Wildman–Crippen LogP) is 1.37. The maximum Gasteiger partial charge on any atom is 0.0955 e. The molecule has 1 atom stereocenters. The average Bonchev–Trinajstić information content (AvgIpc) is 2.99. The zero-order valence-electron chi connectivity index (χ0n) is 11.1.